The molecule has 0 saturated heterocycles. The van der Waals surface area contributed by atoms with Crippen LogP contribution in [0.3, 0.4) is 0 Å². The molecule has 3 aliphatic carbocycles. The van der Waals surface area contributed by atoms with E-state index < -0.39 is 23.2 Å². The van der Waals surface area contributed by atoms with Gasteiger partial charge in [-0.1, -0.05) is 0 Å². The maximum Gasteiger partial charge on any atom is 0.407 e. The lowest BCUT2D eigenvalue weighted by atomic mass is 9.89. The predicted octanol–water partition coefficient (Wildman–Crippen LogP) is 8.43. The molecule has 55 heavy (non-hydrogen) atoms. The van der Waals surface area contributed by atoms with Crippen molar-refractivity contribution in [3.63, 3.8) is 0 Å². The average Bonchev–Trinajstić information content (AvgIpc) is 3.01. The molecule has 3 heterocycles. The number of nitrogens with zero attached hydrogens (tertiary/aromatic N) is 3. The molecule has 0 bridgehead atoms. The zero-order chi connectivity index (χ0) is 40.1. The van der Waals surface area contributed by atoms with E-state index in [9.17, 15) is 14.0 Å². The molecule has 2 amide bonds. The minimum absolute atomic E-state index is 0. The molecule has 0 radical (unpaired) electrons. The first kappa shape index (κ1) is 48.3. The molecule has 3 saturated carbocycles. The minimum Gasteiger partial charge on any atom is -0.473 e. The number of amides is 2. The van der Waals surface area contributed by atoms with E-state index in [1.165, 1.54) is 6.20 Å². The molecule has 0 aromatic carbocycles. The lowest BCUT2D eigenvalue weighted by molar-refractivity contribution is 0.0300. The summed E-state index contributed by atoms with van der Waals surface area (Å²) in [5.74, 6) is 0.792. The molecule has 18 heteroatoms. The Bertz CT molecular complexity index is 1620. The molecular formula is C37H51Br3ClFN6O7. The Kier molecular flexibility index (Phi) is 20.0. The van der Waals surface area contributed by atoms with E-state index >= 15 is 0 Å². The van der Waals surface area contributed by atoms with Crippen LogP contribution in [-0.2, 0) is 9.47 Å². The van der Waals surface area contributed by atoms with Crippen LogP contribution in [0.2, 0.25) is 0 Å². The molecule has 0 spiro atoms. The summed E-state index contributed by atoms with van der Waals surface area (Å²) in [5.41, 5.74) is 4.73. The predicted molar refractivity (Wildman–Crippen MR) is 220 cm³/mol. The third kappa shape index (κ3) is 19.2. The Morgan fingerprint density at radius 2 is 1.09 bits per heavy atom. The van der Waals surface area contributed by atoms with Crippen LogP contribution >= 0.6 is 60.2 Å². The van der Waals surface area contributed by atoms with Crippen molar-refractivity contribution in [2.24, 2.45) is 5.73 Å². The van der Waals surface area contributed by atoms with E-state index in [4.69, 9.17) is 29.8 Å². The number of rotatable bonds is 6. The van der Waals surface area contributed by atoms with Gasteiger partial charge in [-0.15, -0.1) is 12.4 Å². The molecule has 0 atom stereocenters. The summed E-state index contributed by atoms with van der Waals surface area (Å²) < 4.78 is 35.9. The van der Waals surface area contributed by atoms with E-state index in [0.29, 0.717) is 35.1 Å². The number of aliphatic hydroxyl groups is 1. The average molecular weight is 986 g/mol. The monoisotopic (exact) mass is 982 g/mol. The van der Waals surface area contributed by atoms with Gasteiger partial charge in [0.2, 0.25) is 17.7 Å². The summed E-state index contributed by atoms with van der Waals surface area (Å²) in [5, 5.41) is 14.5. The molecule has 306 valence electrons. The highest BCUT2D eigenvalue weighted by Gasteiger charge is 2.34. The van der Waals surface area contributed by atoms with Crippen LogP contribution in [0.25, 0.3) is 0 Å². The smallest absolute Gasteiger partial charge is 0.407 e. The van der Waals surface area contributed by atoms with Crippen molar-refractivity contribution in [3.05, 3.63) is 74.4 Å². The van der Waals surface area contributed by atoms with Crippen LogP contribution in [-0.4, -0.2) is 79.9 Å². The molecule has 5 N–H and O–H groups in total. The maximum atomic E-state index is 12.2. The SMILES string of the molecule is CC(C)(C)OC(=O)NC1CC(O)C1.CC(C)(C)OC(=O)NC1CC(Oc2ncccc2Br)C1.Cl.Fc1ncccc1Br.NC1CC(Oc2ncccc2Br)C1. The Balaban J connectivity index is 0.000000264. The Labute approximate surface area is 353 Å². The van der Waals surface area contributed by atoms with Crippen molar-refractivity contribution in [2.45, 2.75) is 128 Å². The van der Waals surface area contributed by atoms with Crippen LogP contribution in [0.15, 0.2) is 68.4 Å². The number of carbonyl (C=O) groups is 2. The molecule has 6 rings (SSSR count). The molecule has 0 aliphatic heterocycles. The zero-order valence-corrected chi connectivity index (χ0v) is 37.2. The van der Waals surface area contributed by atoms with Crippen molar-refractivity contribution in [1.82, 2.24) is 25.6 Å². The van der Waals surface area contributed by atoms with Gasteiger partial charge in [0, 0.05) is 49.6 Å². The fraction of sp³-hybridized carbons (Fsp3) is 0.541. The Hall–Kier alpha value is -2.83. The largest absolute Gasteiger partial charge is 0.473 e. The van der Waals surface area contributed by atoms with E-state index in [1.54, 1.807) is 24.5 Å². The van der Waals surface area contributed by atoms with E-state index in [2.05, 4.69) is 73.4 Å². The van der Waals surface area contributed by atoms with Crippen LogP contribution in [0.1, 0.15) is 80.1 Å². The number of nitrogens with two attached hydrogens (primary N) is 1. The third-order valence-corrected chi connectivity index (χ3v) is 9.30. The van der Waals surface area contributed by atoms with Crippen molar-refractivity contribution in [1.29, 1.82) is 0 Å². The number of alkyl carbamates (subject to hydrolysis) is 2. The molecular weight excluding hydrogens is 935 g/mol. The number of ether oxygens (including phenoxy) is 4. The van der Waals surface area contributed by atoms with Crippen molar-refractivity contribution < 1.29 is 38.0 Å². The van der Waals surface area contributed by atoms with Crippen LogP contribution in [0.5, 0.6) is 11.8 Å². The van der Waals surface area contributed by atoms with Gasteiger partial charge < -0.3 is 40.4 Å². The van der Waals surface area contributed by atoms with Gasteiger partial charge in [0.15, 0.2) is 0 Å². The number of pyridine rings is 3. The molecule has 3 aromatic heterocycles. The minimum atomic E-state index is -0.470. The lowest BCUT2D eigenvalue weighted by Crippen LogP contribution is -2.50. The summed E-state index contributed by atoms with van der Waals surface area (Å²) in [6.45, 7) is 11.0. The second kappa shape index (κ2) is 22.8. The van der Waals surface area contributed by atoms with E-state index in [1.807, 2.05) is 65.8 Å². The van der Waals surface area contributed by atoms with Crippen LogP contribution in [0.4, 0.5) is 14.0 Å². The van der Waals surface area contributed by atoms with E-state index in [0.717, 1.165) is 34.6 Å². The fourth-order valence-electron chi connectivity index (χ4n) is 4.73. The highest BCUT2D eigenvalue weighted by Crippen LogP contribution is 2.30. The lowest BCUT2D eigenvalue weighted by Gasteiger charge is -2.35. The Morgan fingerprint density at radius 3 is 1.42 bits per heavy atom. The molecule has 3 fully saturated rings. The first-order chi connectivity index (χ1) is 25.3. The topological polar surface area (TPSA) is 180 Å². The highest BCUT2D eigenvalue weighted by atomic mass is 79.9. The van der Waals surface area contributed by atoms with Crippen molar-refractivity contribution in [3.8, 4) is 11.8 Å². The van der Waals surface area contributed by atoms with Crippen LogP contribution in [0, 0.1) is 5.95 Å². The molecule has 13 nitrogen and oxygen atoms in total. The van der Waals surface area contributed by atoms with Crippen molar-refractivity contribution >= 4 is 72.4 Å². The number of hydrogen-bond donors (Lipinski definition) is 4. The number of aromatic nitrogens is 3. The number of carbonyl (C=O) groups excluding carboxylic acids is 2. The van der Waals surface area contributed by atoms with Crippen molar-refractivity contribution in [2.75, 3.05) is 0 Å². The zero-order valence-electron chi connectivity index (χ0n) is 31.6. The van der Waals surface area contributed by atoms with Crippen LogP contribution < -0.4 is 25.8 Å². The van der Waals surface area contributed by atoms with Gasteiger partial charge >= 0.3 is 12.2 Å². The number of aliphatic hydroxyl groups excluding tert-OH is 1. The summed E-state index contributed by atoms with van der Waals surface area (Å²) in [6.07, 6.45) is 8.80. The second-order valence-electron chi connectivity index (χ2n) is 14.9. The van der Waals surface area contributed by atoms with Gasteiger partial charge in [-0.25, -0.2) is 24.5 Å². The van der Waals surface area contributed by atoms with Gasteiger partial charge in [-0.05, 0) is 151 Å². The van der Waals surface area contributed by atoms with E-state index in [-0.39, 0.29) is 48.9 Å². The maximum absolute atomic E-state index is 12.2. The quantitative estimate of drug-likeness (QED) is 0.174. The second-order valence-corrected chi connectivity index (χ2v) is 17.4. The van der Waals surface area contributed by atoms with Gasteiger partial charge in [-0.3, -0.25) is 0 Å². The normalized spacial score (nSPS) is 22.1. The molecule has 3 aromatic rings. The van der Waals surface area contributed by atoms with Gasteiger partial charge in [0.1, 0.15) is 23.4 Å². The van der Waals surface area contributed by atoms with Gasteiger partial charge in [0.25, 0.3) is 0 Å². The first-order valence-corrected chi connectivity index (χ1v) is 19.9. The third-order valence-electron chi connectivity index (χ3n) is 7.50. The number of nitrogens with one attached hydrogen (secondary N) is 2. The Morgan fingerprint density at radius 1 is 0.709 bits per heavy atom. The summed E-state index contributed by atoms with van der Waals surface area (Å²) in [7, 11) is 0. The summed E-state index contributed by atoms with van der Waals surface area (Å²) in [6, 6.07) is 11.3. The van der Waals surface area contributed by atoms with Gasteiger partial charge in [0.05, 0.1) is 19.5 Å². The molecule has 0 unspecified atom stereocenters. The highest BCUT2D eigenvalue weighted by molar-refractivity contribution is 9.11. The van der Waals surface area contributed by atoms with Gasteiger partial charge in [-0.2, -0.15) is 4.39 Å². The first-order valence-electron chi connectivity index (χ1n) is 17.5. The summed E-state index contributed by atoms with van der Waals surface area (Å²) in [4.78, 5) is 34.4. The fourth-order valence-corrected chi connectivity index (χ4v) is 5.69. The summed E-state index contributed by atoms with van der Waals surface area (Å²) >= 11 is 9.72. The number of halogens is 5. The number of hydrogen-bond acceptors (Lipinski definition) is 11. The standard InChI is InChI=1S/C14H19BrN2O3.C9H11BrN2O.C9H17NO3.C5H3BrFN.ClH/c1-14(2,3)20-13(18)17-9-7-10(8-9)19-12-11(15)5-4-6-16-12;10-8-2-1-3-12-9(8)13-7-4-6(11)5-7;1-9(2,3)13-8(12)10-6-4-7(11)5-6;6-4-2-1-3-8-5(4)7;/h4-6,9-10H,7-8H2,1-3H3,(H,17,18);1-3,6-7H,4-5,11H2;6-7,11H,4-5H2,1-3H3,(H,10,12);1-3H;1H. The molecule has 3 aliphatic rings.